The van der Waals surface area contributed by atoms with Crippen molar-refractivity contribution in [2.24, 2.45) is 11.8 Å². The molecule has 0 aromatic carbocycles. The minimum Gasteiger partial charge on any atom is -0.300 e. The summed E-state index contributed by atoms with van der Waals surface area (Å²) in [5.41, 5.74) is 0. The Morgan fingerprint density at radius 3 is 1.83 bits per heavy atom. The molecule has 1 saturated carbocycles. The molecule has 0 aromatic heterocycles. The number of carbonyl (C=O) groups is 1. The highest BCUT2D eigenvalue weighted by molar-refractivity contribution is 5.78. The van der Waals surface area contributed by atoms with Gasteiger partial charge in [0.25, 0.3) is 0 Å². The molecule has 0 radical (unpaired) electrons. The molecular formula is C11H16O. The Balaban J connectivity index is 2.07. The quantitative estimate of drug-likeness (QED) is 0.503. The zero-order valence-corrected chi connectivity index (χ0v) is 7.46. The lowest BCUT2D eigenvalue weighted by Gasteiger charge is -2.19. The van der Waals surface area contributed by atoms with Crippen molar-refractivity contribution in [3.05, 3.63) is 12.2 Å². The molecule has 0 aromatic rings. The molecule has 0 aliphatic heterocycles. The van der Waals surface area contributed by atoms with Gasteiger partial charge < -0.3 is 0 Å². The van der Waals surface area contributed by atoms with Crippen LogP contribution in [0.3, 0.4) is 0 Å². The van der Waals surface area contributed by atoms with Crippen LogP contribution in [0.4, 0.5) is 0 Å². The van der Waals surface area contributed by atoms with E-state index in [1.165, 1.54) is 12.8 Å². The lowest BCUT2D eigenvalue weighted by molar-refractivity contribution is -0.119. The summed E-state index contributed by atoms with van der Waals surface area (Å²) in [7, 11) is 0. The van der Waals surface area contributed by atoms with Gasteiger partial charge in [-0.3, -0.25) is 4.79 Å². The van der Waals surface area contributed by atoms with Crippen molar-refractivity contribution in [1.82, 2.24) is 0 Å². The van der Waals surface area contributed by atoms with Gasteiger partial charge in [0.05, 0.1) is 0 Å². The zero-order valence-electron chi connectivity index (χ0n) is 7.46. The molecule has 66 valence electrons. The van der Waals surface area contributed by atoms with Crippen LogP contribution in [0.25, 0.3) is 0 Å². The smallest absolute Gasteiger partial charge is 0.132 e. The summed E-state index contributed by atoms with van der Waals surface area (Å²) >= 11 is 0. The molecule has 3 aliphatic carbocycles. The predicted molar refractivity (Wildman–Crippen MR) is 48.8 cm³/mol. The van der Waals surface area contributed by atoms with Crippen LogP contribution in [0.2, 0.25) is 0 Å². The maximum absolute atomic E-state index is 11.3. The first-order chi connectivity index (χ1) is 5.84. The third-order valence-corrected chi connectivity index (χ3v) is 3.15. The van der Waals surface area contributed by atoms with E-state index in [0.717, 1.165) is 25.7 Å². The third-order valence-electron chi connectivity index (χ3n) is 3.15. The predicted octanol–water partition coefficient (Wildman–Crippen LogP) is 2.71. The highest BCUT2D eigenvalue weighted by Gasteiger charge is 2.19. The maximum atomic E-state index is 11.3. The molecule has 1 nitrogen and oxygen atoms in total. The van der Waals surface area contributed by atoms with E-state index < -0.39 is 0 Å². The highest BCUT2D eigenvalue weighted by atomic mass is 16.1. The first-order valence-electron chi connectivity index (χ1n) is 5.04. The number of Topliss-reactive ketones (excluding diaryl/α,β-unsaturated/α-hetero) is 1. The largest absolute Gasteiger partial charge is 0.300 e. The van der Waals surface area contributed by atoms with Gasteiger partial charge in [0.2, 0.25) is 0 Å². The average molecular weight is 164 g/mol. The summed E-state index contributed by atoms with van der Waals surface area (Å²) in [5.74, 6) is 1.90. The number of hydrogen-bond acceptors (Lipinski definition) is 1. The molecule has 0 saturated heterocycles. The van der Waals surface area contributed by atoms with Crippen LogP contribution in [-0.4, -0.2) is 5.78 Å². The number of allylic oxidation sites excluding steroid dienone is 2. The fourth-order valence-electron chi connectivity index (χ4n) is 2.23. The highest BCUT2D eigenvalue weighted by Crippen LogP contribution is 2.30. The van der Waals surface area contributed by atoms with Crippen molar-refractivity contribution in [3.63, 3.8) is 0 Å². The van der Waals surface area contributed by atoms with E-state index in [0.29, 0.717) is 17.6 Å². The molecule has 0 spiro atoms. The van der Waals surface area contributed by atoms with Gasteiger partial charge in [0.1, 0.15) is 5.78 Å². The molecule has 3 rings (SSSR count). The van der Waals surface area contributed by atoms with Crippen LogP contribution in [0, 0.1) is 11.8 Å². The Morgan fingerprint density at radius 1 is 0.917 bits per heavy atom. The first-order valence-corrected chi connectivity index (χ1v) is 5.04. The Labute approximate surface area is 73.8 Å². The van der Waals surface area contributed by atoms with Gasteiger partial charge in [0, 0.05) is 12.8 Å². The SMILES string of the molecule is O=C1CC[C@H]2C=C[C@@H](CC1)CC2. The summed E-state index contributed by atoms with van der Waals surface area (Å²) in [6.07, 6.45) is 11.1. The number of carbonyl (C=O) groups excluding carboxylic acids is 1. The van der Waals surface area contributed by atoms with Gasteiger partial charge in [-0.1, -0.05) is 12.2 Å². The molecule has 2 atom stereocenters. The second-order valence-electron chi connectivity index (χ2n) is 4.10. The molecular weight excluding hydrogens is 148 g/mol. The van der Waals surface area contributed by atoms with Gasteiger partial charge in [-0.15, -0.1) is 0 Å². The standard InChI is InChI=1S/C11H16O/c12-11-7-5-9-1-2-10(4-3-9)6-8-11/h1-2,9-10H,3-8H2/t9-,10+. The summed E-state index contributed by atoms with van der Waals surface area (Å²) < 4.78 is 0. The van der Waals surface area contributed by atoms with E-state index in [2.05, 4.69) is 12.2 Å². The van der Waals surface area contributed by atoms with Crippen molar-refractivity contribution in [2.45, 2.75) is 38.5 Å². The van der Waals surface area contributed by atoms with Crippen LogP contribution >= 0.6 is 0 Å². The molecule has 12 heavy (non-hydrogen) atoms. The van der Waals surface area contributed by atoms with Crippen molar-refractivity contribution >= 4 is 5.78 Å². The Morgan fingerprint density at radius 2 is 1.42 bits per heavy atom. The topological polar surface area (TPSA) is 17.1 Å². The van der Waals surface area contributed by atoms with E-state index in [4.69, 9.17) is 0 Å². The van der Waals surface area contributed by atoms with Crippen molar-refractivity contribution in [2.75, 3.05) is 0 Å². The molecule has 0 heterocycles. The van der Waals surface area contributed by atoms with E-state index in [9.17, 15) is 4.79 Å². The van der Waals surface area contributed by atoms with Gasteiger partial charge in [-0.2, -0.15) is 0 Å². The van der Waals surface area contributed by atoms with Crippen molar-refractivity contribution < 1.29 is 4.79 Å². The third kappa shape index (κ3) is 1.77. The minimum atomic E-state index is 0.482. The summed E-state index contributed by atoms with van der Waals surface area (Å²) in [6, 6.07) is 0. The minimum absolute atomic E-state index is 0.482. The van der Waals surface area contributed by atoms with Crippen LogP contribution in [0.15, 0.2) is 12.2 Å². The summed E-state index contributed by atoms with van der Waals surface area (Å²) in [6.45, 7) is 0. The van der Waals surface area contributed by atoms with Gasteiger partial charge in [-0.25, -0.2) is 0 Å². The lowest BCUT2D eigenvalue weighted by atomic mass is 9.86. The average Bonchev–Trinajstić information content (AvgIpc) is 2.24. The van der Waals surface area contributed by atoms with Gasteiger partial charge in [-0.05, 0) is 37.5 Å². The first kappa shape index (κ1) is 8.03. The summed E-state index contributed by atoms with van der Waals surface area (Å²) in [4.78, 5) is 11.3. The van der Waals surface area contributed by atoms with Crippen LogP contribution < -0.4 is 0 Å². The second kappa shape index (κ2) is 3.42. The number of rotatable bonds is 0. The van der Waals surface area contributed by atoms with Crippen LogP contribution in [-0.2, 0) is 4.79 Å². The molecule has 2 bridgehead atoms. The monoisotopic (exact) mass is 164 g/mol. The Kier molecular flexibility index (Phi) is 2.29. The van der Waals surface area contributed by atoms with E-state index in [-0.39, 0.29) is 0 Å². The normalized spacial score (nSPS) is 35.8. The zero-order chi connectivity index (χ0) is 8.39. The number of hydrogen-bond donors (Lipinski definition) is 0. The fourth-order valence-corrected chi connectivity index (χ4v) is 2.23. The fraction of sp³-hybridized carbons (Fsp3) is 0.727. The number of fused-ring (bicyclic) bond motifs is 5. The van der Waals surface area contributed by atoms with E-state index in [1.807, 2.05) is 0 Å². The second-order valence-corrected chi connectivity index (χ2v) is 4.10. The molecule has 1 fully saturated rings. The molecule has 3 aliphatic rings. The summed E-state index contributed by atoms with van der Waals surface area (Å²) in [5, 5.41) is 0. The molecule has 0 N–H and O–H groups in total. The van der Waals surface area contributed by atoms with Gasteiger partial charge >= 0.3 is 0 Å². The van der Waals surface area contributed by atoms with E-state index >= 15 is 0 Å². The van der Waals surface area contributed by atoms with Crippen molar-refractivity contribution in [3.8, 4) is 0 Å². The molecule has 0 amide bonds. The molecule has 1 heteroatoms. The van der Waals surface area contributed by atoms with Crippen molar-refractivity contribution in [1.29, 1.82) is 0 Å². The Bertz CT molecular complexity index is 185. The molecule has 0 unspecified atom stereocenters. The van der Waals surface area contributed by atoms with Crippen LogP contribution in [0.5, 0.6) is 0 Å². The van der Waals surface area contributed by atoms with E-state index in [1.54, 1.807) is 0 Å². The van der Waals surface area contributed by atoms with Crippen LogP contribution in [0.1, 0.15) is 38.5 Å². The number of ketones is 1. The lowest BCUT2D eigenvalue weighted by Crippen LogP contribution is -2.06. The Hall–Kier alpha value is -0.590. The maximum Gasteiger partial charge on any atom is 0.132 e. The van der Waals surface area contributed by atoms with Gasteiger partial charge in [0.15, 0.2) is 0 Å².